The van der Waals surface area contributed by atoms with Crippen molar-refractivity contribution < 1.29 is 4.39 Å². The molecule has 2 nitrogen and oxygen atoms in total. The van der Waals surface area contributed by atoms with Crippen molar-refractivity contribution in [3.8, 4) is 0 Å². The van der Waals surface area contributed by atoms with Crippen LogP contribution in [0.25, 0.3) is 10.8 Å². The van der Waals surface area contributed by atoms with Crippen molar-refractivity contribution in [3.05, 3.63) is 83.7 Å². The third kappa shape index (κ3) is 3.95. The van der Waals surface area contributed by atoms with E-state index >= 15 is 0 Å². The monoisotopic (exact) mass is 308 g/mol. The Morgan fingerprint density at radius 2 is 1.65 bits per heavy atom. The molecule has 0 aliphatic rings. The van der Waals surface area contributed by atoms with Crippen molar-refractivity contribution in [1.82, 2.24) is 5.32 Å². The average molecular weight is 308 g/mol. The number of fused-ring (bicyclic) bond motifs is 1. The van der Waals surface area contributed by atoms with Gasteiger partial charge in [-0.05, 0) is 40.5 Å². The molecule has 0 aliphatic carbocycles. The molecule has 23 heavy (non-hydrogen) atoms. The van der Waals surface area contributed by atoms with Crippen molar-refractivity contribution in [1.29, 1.82) is 0 Å². The maximum atomic E-state index is 12.9. The lowest BCUT2D eigenvalue weighted by molar-refractivity contribution is 0.516. The largest absolute Gasteiger partial charge is 0.329 e. The molecule has 3 rings (SSSR count). The van der Waals surface area contributed by atoms with Crippen LogP contribution < -0.4 is 11.1 Å². The van der Waals surface area contributed by atoms with Gasteiger partial charge in [0.05, 0.1) is 0 Å². The van der Waals surface area contributed by atoms with E-state index in [1.54, 1.807) is 12.1 Å². The van der Waals surface area contributed by atoms with Crippen molar-refractivity contribution >= 4 is 10.8 Å². The fraction of sp³-hybridized carbons (Fsp3) is 0.200. The zero-order valence-electron chi connectivity index (χ0n) is 13.0. The molecule has 0 saturated carbocycles. The summed E-state index contributed by atoms with van der Waals surface area (Å²) in [7, 11) is 0. The highest BCUT2D eigenvalue weighted by molar-refractivity contribution is 5.85. The first-order valence-electron chi connectivity index (χ1n) is 7.91. The number of halogens is 1. The van der Waals surface area contributed by atoms with Crippen LogP contribution in [0.5, 0.6) is 0 Å². The number of nitrogens with two attached hydrogens (primary N) is 1. The minimum atomic E-state index is -0.208. The molecule has 3 N–H and O–H groups in total. The lowest BCUT2D eigenvalue weighted by Gasteiger charge is -2.18. The molecule has 0 spiro atoms. The zero-order valence-corrected chi connectivity index (χ0v) is 13.0. The Balaban J connectivity index is 1.70. The third-order valence-electron chi connectivity index (χ3n) is 4.14. The molecule has 118 valence electrons. The molecule has 3 aromatic carbocycles. The van der Waals surface area contributed by atoms with E-state index in [0.717, 1.165) is 12.0 Å². The first-order valence-corrected chi connectivity index (χ1v) is 7.91. The highest BCUT2D eigenvalue weighted by atomic mass is 19.1. The summed E-state index contributed by atoms with van der Waals surface area (Å²) in [5.74, 6) is -0.208. The summed E-state index contributed by atoms with van der Waals surface area (Å²) in [5.41, 5.74) is 8.29. The van der Waals surface area contributed by atoms with Gasteiger partial charge in [-0.15, -0.1) is 0 Å². The third-order valence-corrected chi connectivity index (χ3v) is 4.14. The van der Waals surface area contributed by atoms with Crippen molar-refractivity contribution in [2.45, 2.75) is 19.0 Å². The van der Waals surface area contributed by atoms with Crippen LogP contribution >= 0.6 is 0 Å². The van der Waals surface area contributed by atoms with Crippen LogP contribution in [0.4, 0.5) is 4.39 Å². The van der Waals surface area contributed by atoms with E-state index in [1.807, 2.05) is 0 Å². The predicted octanol–water partition coefficient (Wildman–Crippen LogP) is 3.64. The number of hydrogen-bond donors (Lipinski definition) is 2. The fourth-order valence-corrected chi connectivity index (χ4v) is 2.84. The topological polar surface area (TPSA) is 38.0 Å². The Morgan fingerprint density at radius 1 is 0.913 bits per heavy atom. The molecule has 1 atom stereocenters. The first kappa shape index (κ1) is 15.7. The maximum Gasteiger partial charge on any atom is 0.123 e. The summed E-state index contributed by atoms with van der Waals surface area (Å²) in [5, 5.41) is 6.00. The second kappa shape index (κ2) is 7.36. The molecule has 0 fully saturated rings. The van der Waals surface area contributed by atoms with E-state index in [-0.39, 0.29) is 11.9 Å². The van der Waals surface area contributed by atoms with E-state index in [2.05, 4.69) is 47.8 Å². The van der Waals surface area contributed by atoms with Gasteiger partial charge in [-0.25, -0.2) is 4.39 Å². The highest BCUT2D eigenvalue weighted by Gasteiger charge is 2.09. The SMILES string of the molecule is NCC(Cc1cccc2ccccc12)NCc1ccc(F)cc1. The van der Waals surface area contributed by atoms with Gasteiger partial charge < -0.3 is 11.1 Å². The van der Waals surface area contributed by atoms with Gasteiger partial charge in [0.2, 0.25) is 0 Å². The maximum absolute atomic E-state index is 12.9. The number of nitrogens with one attached hydrogen (secondary N) is 1. The summed E-state index contributed by atoms with van der Waals surface area (Å²) < 4.78 is 12.9. The van der Waals surface area contributed by atoms with Crippen molar-refractivity contribution in [3.63, 3.8) is 0 Å². The summed E-state index contributed by atoms with van der Waals surface area (Å²) in [6, 6.07) is 21.5. The van der Waals surface area contributed by atoms with Gasteiger partial charge in [0.25, 0.3) is 0 Å². The number of rotatable bonds is 6. The van der Waals surface area contributed by atoms with E-state index in [1.165, 1.54) is 28.5 Å². The first-order chi connectivity index (χ1) is 11.3. The Labute approximate surface area is 136 Å². The molecular formula is C20H21FN2. The summed E-state index contributed by atoms with van der Waals surface area (Å²) >= 11 is 0. The minimum absolute atomic E-state index is 0.186. The van der Waals surface area contributed by atoms with E-state index in [0.29, 0.717) is 13.1 Å². The number of hydrogen-bond acceptors (Lipinski definition) is 2. The van der Waals surface area contributed by atoms with Crippen LogP contribution in [0.1, 0.15) is 11.1 Å². The minimum Gasteiger partial charge on any atom is -0.329 e. The molecule has 0 aromatic heterocycles. The van der Waals surface area contributed by atoms with Crippen LogP contribution in [0, 0.1) is 5.82 Å². The standard InChI is InChI=1S/C20H21FN2/c21-18-10-8-15(9-11-18)14-23-19(13-22)12-17-6-3-5-16-4-1-2-7-20(16)17/h1-11,19,23H,12-14,22H2. The predicted molar refractivity (Wildman–Crippen MR) is 93.7 cm³/mol. The zero-order chi connectivity index (χ0) is 16.1. The molecule has 3 heteroatoms. The molecule has 0 saturated heterocycles. The number of benzene rings is 3. The van der Waals surface area contributed by atoms with Gasteiger partial charge in [-0.3, -0.25) is 0 Å². The van der Waals surface area contributed by atoms with Crippen LogP contribution in [0.2, 0.25) is 0 Å². The van der Waals surface area contributed by atoms with Crippen LogP contribution in [-0.4, -0.2) is 12.6 Å². The van der Waals surface area contributed by atoms with Crippen molar-refractivity contribution in [2.75, 3.05) is 6.54 Å². The second-order valence-corrected chi connectivity index (χ2v) is 5.78. The van der Waals surface area contributed by atoms with Crippen LogP contribution in [0.15, 0.2) is 66.7 Å². The lowest BCUT2D eigenvalue weighted by atomic mass is 9.98. The summed E-state index contributed by atoms with van der Waals surface area (Å²) in [4.78, 5) is 0. The van der Waals surface area contributed by atoms with Gasteiger partial charge in [-0.2, -0.15) is 0 Å². The van der Waals surface area contributed by atoms with E-state index < -0.39 is 0 Å². The van der Waals surface area contributed by atoms with Gasteiger partial charge in [0.15, 0.2) is 0 Å². The highest BCUT2D eigenvalue weighted by Crippen LogP contribution is 2.19. The lowest BCUT2D eigenvalue weighted by Crippen LogP contribution is -2.37. The second-order valence-electron chi connectivity index (χ2n) is 5.78. The quantitative estimate of drug-likeness (QED) is 0.729. The molecule has 1 unspecified atom stereocenters. The Hall–Kier alpha value is -2.23. The molecule has 0 heterocycles. The summed E-state index contributed by atoms with van der Waals surface area (Å²) in [6.07, 6.45) is 0.874. The Bertz CT molecular complexity index is 763. The molecule has 0 radical (unpaired) electrons. The average Bonchev–Trinajstić information content (AvgIpc) is 2.60. The Kier molecular flexibility index (Phi) is 5.01. The van der Waals surface area contributed by atoms with Gasteiger partial charge >= 0.3 is 0 Å². The van der Waals surface area contributed by atoms with Gasteiger partial charge in [0.1, 0.15) is 5.82 Å². The molecular weight excluding hydrogens is 287 g/mol. The van der Waals surface area contributed by atoms with Crippen molar-refractivity contribution in [2.24, 2.45) is 5.73 Å². The Morgan fingerprint density at radius 3 is 2.43 bits per heavy atom. The van der Waals surface area contributed by atoms with Gasteiger partial charge in [-0.1, -0.05) is 54.6 Å². The molecule has 0 amide bonds. The smallest absolute Gasteiger partial charge is 0.123 e. The van der Waals surface area contributed by atoms with Gasteiger partial charge in [0, 0.05) is 19.1 Å². The molecule has 3 aromatic rings. The van der Waals surface area contributed by atoms with Crippen LogP contribution in [-0.2, 0) is 13.0 Å². The fourth-order valence-electron chi connectivity index (χ4n) is 2.84. The normalized spacial score (nSPS) is 12.4. The van der Waals surface area contributed by atoms with E-state index in [9.17, 15) is 4.39 Å². The molecule has 0 aliphatic heterocycles. The summed E-state index contributed by atoms with van der Waals surface area (Å²) in [6.45, 7) is 1.25. The van der Waals surface area contributed by atoms with E-state index in [4.69, 9.17) is 5.73 Å². The van der Waals surface area contributed by atoms with Crippen LogP contribution in [0.3, 0.4) is 0 Å². The molecule has 0 bridgehead atoms.